The van der Waals surface area contributed by atoms with E-state index in [2.05, 4.69) is 5.32 Å². The summed E-state index contributed by atoms with van der Waals surface area (Å²) in [7, 11) is 0. The molecule has 1 N–H and O–H groups in total. The van der Waals surface area contributed by atoms with Gasteiger partial charge in [-0.15, -0.1) is 0 Å². The third-order valence-corrected chi connectivity index (χ3v) is 4.60. The maximum Gasteiger partial charge on any atom is 0.256 e. The number of hydrogen-bond acceptors (Lipinski definition) is 2. The fraction of sp³-hybridized carbons (Fsp3) is 0.588. The molecule has 3 rings (SSSR count). The van der Waals surface area contributed by atoms with Crippen molar-refractivity contribution in [1.29, 1.82) is 0 Å². The van der Waals surface area contributed by atoms with Gasteiger partial charge in [-0.1, -0.05) is 12.1 Å². The first-order valence-corrected chi connectivity index (χ1v) is 7.93. The fourth-order valence-electron chi connectivity index (χ4n) is 2.92. The smallest absolute Gasteiger partial charge is 0.256 e. The number of carbonyl (C=O) groups excluding carboxylic acids is 1. The third kappa shape index (κ3) is 3.43. The van der Waals surface area contributed by atoms with Crippen LogP contribution < -0.4 is 5.32 Å². The van der Waals surface area contributed by atoms with Crippen LogP contribution in [0.25, 0.3) is 0 Å². The Balaban J connectivity index is 1.55. The summed E-state index contributed by atoms with van der Waals surface area (Å²) >= 11 is 0. The van der Waals surface area contributed by atoms with Crippen molar-refractivity contribution in [1.82, 2.24) is 10.2 Å². The molecule has 3 nitrogen and oxygen atoms in total. The highest BCUT2D eigenvalue weighted by atomic mass is 19.1. The number of benzene rings is 1. The average molecular weight is 290 g/mol. The fourth-order valence-corrected chi connectivity index (χ4v) is 2.92. The quantitative estimate of drug-likeness (QED) is 0.925. The highest BCUT2D eigenvalue weighted by molar-refractivity contribution is 5.94. The molecular weight excluding hydrogens is 267 g/mol. The summed E-state index contributed by atoms with van der Waals surface area (Å²) in [4.78, 5) is 14.2. The van der Waals surface area contributed by atoms with Crippen LogP contribution in [0.1, 0.15) is 41.6 Å². The molecule has 1 aromatic rings. The molecule has 1 aliphatic carbocycles. The van der Waals surface area contributed by atoms with Crippen molar-refractivity contribution < 1.29 is 9.18 Å². The first-order chi connectivity index (χ1) is 10.1. The molecule has 114 valence electrons. The molecule has 2 aliphatic rings. The van der Waals surface area contributed by atoms with E-state index in [-0.39, 0.29) is 17.3 Å². The standard InChI is InChI=1S/C17H23FN2O/c1-12-3-2-4-15(16(12)18)17(21)20-9-7-14(8-10-20)19-11-13-5-6-13/h2-4,13-14,19H,5-11H2,1H3. The highest BCUT2D eigenvalue weighted by Gasteiger charge is 2.27. The van der Waals surface area contributed by atoms with Crippen LogP contribution in [0.15, 0.2) is 18.2 Å². The minimum absolute atomic E-state index is 0.170. The SMILES string of the molecule is Cc1cccc(C(=O)N2CCC(NCC3CC3)CC2)c1F. The predicted octanol–water partition coefficient (Wildman–Crippen LogP) is 2.74. The minimum atomic E-state index is -0.378. The second-order valence-electron chi connectivity index (χ2n) is 6.35. The zero-order valence-electron chi connectivity index (χ0n) is 12.6. The molecule has 1 saturated carbocycles. The first kappa shape index (κ1) is 14.5. The van der Waals surface area contributed by atoms with Crippen molar-refractivity contribution >= 4 is 5.91 Å². The molecule has 0 aromatic heterocycles. The highest BCUT2D eigenvalue weighted by Crippen LogP contribution is 2.28. The van der Waals surface area contributed by atoms with Gasteiger partial charge in [0.2, 0.25) is 0 Å². The van der Waals surface area contributed by atoms with Gasteiger partial charge in [0.25, 0.3) is 5.91 Å². The van der Waals surface area contributed by atoms with E-state index in [0.717, 1.165) is 25.3 Å². The minimum Gasteiger partial charge on any atom is -0.338 e. The summed E-state index contributed by atoms with van der Waals surface area (Å²) in [5.74, 6) is 0.333. The Hall–Kier alpha value is -1.42. The Morgan fingerprint density at radius 1 is 1.29 bits per heavy atom. The van der Waals surface area contributed by atoms with Crippen molar-refractivity contribution in [2.75, 3.05) is 19.6 Å². The van der Waals surface area contributed by atoms with Crippen molar-refractivity contribution in [3.05, 3.63) is 35.1 Å². The molecule has 0 atom stereocenters. The first-order valence-electron chi connectivity index (χ1n) is 7.93. The summed E-state index contributed by atoms with van der Waals surface area (Å²) < 4.78 is 14.0. The van der Waals surface area contributed by atoms with E-state index in [0.29, 0.717) is 24.7 Å². The molecule has 0 spiro atoms. The molecule has 4 heteroatoms. The molecule has 0 bridgehead atoms. The Bertz CT molecular complexity index is 520. The lowest BCUT2D eigenvalue weighted by Gasteiger charge is -2.32. The predicted molar refractivity (Wildman–Crippen MR) is 80.8 cm³/mol. The van der Waals surface area contributed by atoms with Crippen LogP contribution in [-0.2, 0) is 0 Å². The largest absolute Gasteiger partial charge is 0.338 e. The van der Waals surface area contributed by atoms with E-state index in [1.165, 1.54) is 12.8 Å². The van der Waals surface area contributed by atoms with Crippen molar-refractivity contribution in [2.24, 2.45) is 5.92 Å². The van der Waals surface area contributed by atoms with Gasteiger partial charge in [-0.3, -0.25) is 4.79 Å². The van der Waals surface area contributed by atoms with Gasteiger partial charge >= 0.3 is 0 Å². The molecule has 2 fully saturated rings. The second-order valence-corrected chi connectivity index (χ2v) is 6.35. The van der Waals surface area contributed by atoms with Gasteiger partial charge in [-0.25, -0.2) is 4.39 Å². The molecule has 1 saturated heterocycles. The summed E-state index contributed by atoms with van der Waals surface area (Å²) in [5.41, 5.74) is 0.737. The van der Waals surface area contributed by atoms with Crippen molar-refractivity contribution in [3.8, 4) is 0 Å². The van der Waals surface area contributed by atoms with Crippen molar-refractivity contribution in [3.63, 3.8) is 0 Å². The van der Waals surface area contributed by atoms with E-state index < -0.39 is 0 Å². The van der Waals surface area contributed by atoms with Crippen LogP contribution in [-0.4, -0.2) is 36.5 Å². The van der Waals surface area contributed by atoms with Gasteiger partial charge < -0.3 is 10.2 Å². The lowest BCUT2D eigenvalue weighted by Crippen LogP contribution is -2.45. The van der Waals surface area contributed by atoms with Crippen LogP contribution >= 0.6 is 0 Å². The zero-order chi connectivity index (χ0) is 14.8. The van der Waals surface area contributed by atoms with Crippen LogP contribution in [0.3, 0.4) is 0 Å². The number of rotatable bonds is 4. The number of piperidine rings is 1. The van der Waals surface area contributed by atoms with Gasteiger partial charge in [-0.05, 0) is 56.7 Å². The number of carbonyl (C=O) groups is 1. The van der Waals surface area contributed by atoms with E-state index in [9.17, 15) is 9.18 Å². The van der Waals surface area contributed by atoms with E-state index in [1.807, 2.05) is 0 Å². The van der Waals surface area contributed by atoms with Gasteiger partial charge in [0.05, 0.1) is 5.56 Å². The number of aryl methyl sites for hydroxylation is 1. The van der Waals surface area contributed by atoms with E-state index in [1.54, 1.807) is 30.0 Å². The Morgan fingerprint density at radius 3 is 2.67 bits per heavy atom. The number of amides is 1. The molecule has 1 amide bonds. The second kappa shape index (κ2) is 6.14. The van der Waals surface area contributed by atoms with Gasteiger partial charge in [-0.2, -0.15) is 0 Å². The maximum absolute atomic E-state index is 14.0. The number of halogens is 1. The third-order valence-electron chi connectivity index (χ3n) is 4.60. The molecule has 1 aromatic carbocycles. The van der Waals surface area contributed by atoms with Crippen LogP contribution in [0, 0.1) is 18.7 Å². The van der Waals surface area contributed by atoms with E-state index >= 15 is 0 Å². The van der Waals surface area contributed by atoms with E-state index in [4.69, 9.17) is 0 Å². The number of nitrogens with zero attached hydrogens (tertiary/aromatic N) is 1. The van der Waals surface area contributed by atoms with Crippen LogP contribution in [0.4, 0.5) is 4.39 Å². The average Bonchev–Trinajstić information content (AvgIpc) is 3.32. The van der Waals surface area contributed by atoms with Crippen LogP contribution in [0.2, 0.25) is 0 Å². The maximum atomic E-state index is 14.0. The topological polar surface area (TPSA) is 32.3 Å². The molecular formula is C17H23FN2O. The zero-order valence-corrected chi connectivity index (χ0v) is 12.6. The normalized spacial score (nSPS) is 19.8. The Morgan fingerprint density at radius 2 is 2.00 bits per heavy atom. The lowest BCUT2D eigenvalue weighted by molar-refractivity contribution is 0.0700. The molecule has 21 heavy (non-hydrogen) atoms. The van der Waals surface area contributed by atoms with Crippen LogP contribution in [0.5, 0.6) is 0 Å². The summed E-state index contributed by atoms with van der Waals surface area (Å²) in [6.45, 7) is 4.24. The molecule has 1 aliphatic heterocycles. The van der Waals surface area contributed by atoms with Gasteiger partial charge in [0.15, 0.2) is 0 Å². The number of likely N-dealkylation sites (tertiary alicyclic amines) is 1. The summed E-state index contributed by atoms with van der Waals surface area (Å²) in [5, 5.41) is 3.59. The number of nitrogens with one attached hydrogen (secondary N) is 1. The number of hydrogen-bond donors (Lipinski definition) is 1. The summed E-state index contributed by atoms with van der Waals surface area (Å²) in [6, 6.07) is 5.54. The monoisotopic (exact) mass is 290 g/mol. The molecule has 0 radical (unpaired) electrons. The summed E-state index contributed by atoms with van der Waals surface area (Å²) in [6.07, 6.45) is 4.64. The van der Waals surface area contributed by atoms with Gasteiger partial charge in [0, 0.05) is 19.1 Å². The molecule has 1 heterocycles. The van der Waals surface area contributed by atoms with Gasteiger partial charge in [0.1, 0.15) is 5.82 Å². The Labute approximate surface area is 125 Å². The van der Waals surface area contributed by atoms with Crippen molar-refractivity contribution in [2.45, 2.75) is 38.6 Å². The lowest BCUT2D eigenvalue weighted by atomic mass is 10.0. The Kier molecular flexibility index (Phi) is 4.24. The molecule has 0 unspecified atom stereocenters.